The van der Waals surface area contributed by atoms with Gasteiger partial charge in [0, 0.05) is 42.6 Å². The fraction of sp³-hybridized carbons (Fsp3) is 0.167. The van der Waals surface area contributed by atoms with Gasteiger partial charge >= 0.3 is 0 Å². The van der Waals surface area contributed by atoms with Crippen molar-refractivity contribution in [2.75, 3.05) is 22.1 Å². The first kappa shape index (κ1) is 18.7. The molecule has 0 bridgehead atoms. The largest absolute Gasteiger partial charge is 0.367 e. The van der Waals surface area contributed by atoms with Crippen LogP contribution >= 0.6 is 0 Å². The third-order valence-electron chi connectivity index (χ3n) is 5.04. The summed E-state index contributed by atoms with van der Waals surface area (Å²) in [6.45, 7) is 3.32. The lowest BCUT2D eigenvalue weighted by atomic mass is 10.1. The lowest BCUT2D eigenvalue weighted by Crippen LogP contribution is -2.19. The topological polar surface area (TPSA) is 61.4 Å². The van der Waals surface area contributed by atoms with E-state index < -0.39 is 0 Å². The molecule has 5 heteroatoms. The van der Waals surface area contributed by atoms with Crippen LogP contribution in [-0.2, 0) is 17.8 Å². The molecule has 3 aromatic rings. The molecule has 4 rings (SSSR count). The monoisotopic (exact) mass is 385 g/mol. The molecule has 0 saturated carbocycles. The molecule has 29 heavy (non-hydrogen) atoms. The molecule has 0 aromatic heterocycles. The molecule has 2 N–H and O–H groups in total. The van der Waals surface area contributed by atoms with E-state index >= 15 is 0 Å². The first-order valence-electron chi connectivity index (χ1n) is 9.69. The predicted molar refractivity (Wildman–Crippen MR) is 116 cm³/mol. The predicted octanol–water partition coefficient (Wildman–Crippen LogP) is 4.46. The Morgan fingerprint density at radius 2 is 1.52 bits per heavy atom. The maximum absolute atomic E-state index is 12.5. The minimum absolute atomic E-state index is 0.126. The van der Waals surface area contributed by atoms with E-state index in [1.165, 1.54) is 23.7 Å². The summed E-state index contributed by atoms with van der Waals surface area (Å²) in [6.07, 6.45) is 1.08. The zero-order chi connectivity index (χ0) is 20.2. The molecule has 0 saturated heterocycles. The van der Waals surface area contributed by atoms with Gasteiger partial charge in [-0.25, -0.2) is 0 Å². The van der Waals surface area contributed by atoms with Crippen molar-refractivity contribution in [2.45, 2.75) is 19.9 Å². The Labute approximate surface area is 170 Å². The Balaban J connectivity index is 1.37. The van der Waals surface area contributed by atoms with Crippen LogP contribution in [0.4, 0.5) is 17.1 Å². The summed E-state index contributed by atoms with van der Waals surface area (Å²) >= 11 is 0. The molecule has 1 aliphatic rings. The number of fused-ring (bicyclic) bond motifs is 1. The summed E-state index contributed by atoms with van der Waals surface area (Å²) < 4.78 is 0. The summed E-state index contributed by atoms with van der Waals surface area (Å²) in [6, 6.07) is 23.3. The van der Waals surface area contributed by atoms with Gasteiger partial charge in [0.2, 0.25) is 5.91 Å². The van der Waals surface area contributed by atoms with Crippen molar-refractivity contribution in [2.24, 2.45) is 0 Å². The Hall–Kier alpha value is -3.60. The molecule has 0 spiro atoms. The Morgan fingerprint density at radius 1 is 0.862 bits per heavy atom. The second-order valence-corrected chi connectivity index (χ2v) is 7.21. The van der Waals surface area contributed by atoms with Gasteiger partial charge in [-0.1, -0.05) is 30.3 Å². The van der Waals surface area contributed by atoms with Gasteiger partial charge in [-0.05, 0) is 60.0 Å². The van der Waals surface area contributed by atoms with Gasteiger partial charge in [0.15, 0.2) is 0 Å². The number of nitrogens with one attached hydrogen (secondary N) is 2. The highest BCUT2D eigenvalue weighted by molar-refractivity contribution is 6.04. The van der Waals surface area contributed by atoms with Crippen molar-refractivity contribution in [3.63, 3.8) is 0 Å². The molecule has 5 nitrogen and oxygen atoms in total. The van der Waals surface area contributed by atoms with Gasteiger partial charge in [0.05, 0.1) is 0 Å². The van der Waals surface area contributed by atoms with E-state index in [1.54, 1.807) is 24.3 Å². The summed E-state index contributed by atoms with van der Waals surface area (Å²) in [5.74, 6) is -0.283. The van der Waals surface area contributed by atoms with Gasteiger partial charge in [-0.3, -0.25) is 9.59 Å². The first-order valence-corrected chi connectivity index (χ1v) is 9.69. The van der Waals surface area contributed by atoms with Gasteiger partial charge in [-0.2, -0.15) is 0 Å². The molecule has 1 aliphatic heterocycles. The normalized spacial score (nSPS) is 12.4. The van der Waals surface area contributed by atoms with E-state index in [-0.39, 0.29) is 11.8 Å². The minimum Gasteiger partial charge on any atom is -0.367 e. The quantitative estimate of drug-likeness (QED) is 0.682. The highest BCUT2D eigenvalue weighted by atomic mass is 16.2. The van der Waals surface area contributed by atoms with Crippen molar-refractivity contribution in [3.8, 4) is 0 Å². The maximum atomic E-state index is 12.5. The Kier molecular flexibility index (Phi) is 5.29. The Bertz CT molecular complexity index is 1030. The van der Waals surface area contributed by atoms with Crippen LogP contribution in [0.25, 0.3) is 0 Å². The third kappa shape index (κ3) is 4.46. The summed E-state index contributed by atoms with van der Waals surface area (Å²) in [5, 5.41) is 5.59. The van der Waals surface area contributed by atoms with E-state index in [1.807, 2.05) is 24.3 Å². The number of carbonyl (C=O) groups is 2. The highest BCUT2D eigenvalue weighted by Gasteiger charge is 2.18. The average molecular weight is 385 g/mol. The van der Waals surface area contributed by atoms with Crippen LogP contribution in [0.5, 0.6) is 0 Å². The molecule has 0 fully saturated rings. The van der Waals surface area contributed by atoms with Crippen LogP contribution in [0.3, 0.4) is 0 Å². The lowest BCUT2D eigenvalue weighted by molar-refractivity contribution is -0.114. The average Bonchev–Trinajstić information content (AvgIpc) is 3.12. The number of rotatable bonds is 5. The highest BCUT2D eigenvalue weighted by Crippen LogP contribution is 2.28. The number of hydrogen-bond donors (Lipinski definition) is 2. The molecule has 0 atom stereocenters. The molecule has 0 unspecified atom stereocenters. The van der Waals surface area contributed by atoms with E-state index in [0.29, 0.717) is 16.9 Å². The molecule has 3 aromatic carbocycles. The second kappa shape index (κ2) is 8.19. The fourth-order valence-electron chi connectivity index (χ4n) is 3.60. The number of para-hydroxylation sites is 1. The van der Waals surface area contributed by atoms with Crippen LogP contribution in [0.1, 0.15) is 28.4 Å². The van der Waals surface area contributed by atoms with Crippen LogP contribution in [-0.4, -0.2) is 18.4 Å². The standard InChI is InChI=1S/C24H23N3O2/c1-17(28)25-21-10-12-22(13-11-21)26-24(29)20-8-6-18(7-9-20)16-27-15-14-19-4-2-3-5-23(19)27/h2-13H,14-16H2,1H3,(H,25,28)(H,26,29). The van der Waals surface area contributed by atoms with Crippen molar-refractivity contribution < 1.29 is 9.59 Å². The number of benzene rings is 3. The van der Waals surface area contributed by atoms with Crippen LogP contribution in [0.15, 0.2) is 72.8 Å². The van der Waals surface area contributed by atoms with E-state index in [9.17, 15) is 9.59 Å². The second-order valence-electron chi connectivity index (χ2n) is 7.21. The first-order chi connectivity index (χ1) is 14.1. The third-order valence-corrected chi connectivity index (χ3v) is 5.04. The lowest BCUT2D eigenvalue weighted by Gasteiger charge is -2.19. The number of anilines is 3. The van der Waals surface area contributed by atoms with Gasteiger partial charge in [0.1, 0.15) is 0 Å². The molecule has 1 heterocycles. The van der Waals surface area contributed by atoms with Crippen LogP contribution in [0, 0.1) is 0 Å². The molecular weight excluding hydrogens is 362 g/mol. The van der Waals surface area contributed by atoms with Crippen molar-refractivity contribution in [1.29, 1.82) is 0 Å². The van der Waals surface area contributed by atoms with Crippen molar-refractivity contribution >= 4 is 28.9 Å². The molecular formula is C24H23N3O2. The van der Waals surface area contributed by atoms with Gasteiger partial charge < -0.3 is 15.5 Å². The maximum Gasteiger partial charge on any atom is 0.255 e. The molecule has 2 amide bonds. The van der Waals surface area contributed by atoms with Crippen molar-refractivity contribution in [3.05, 3.63) is 89.5 Å². The zero-order valence-electron chi connectivity index (χ0n) is 16.3. The summed E-state index contributed by atoms with van der Waals surface area (Å²) in [7, 11) is 0. The number of hydrogen-bond acceptors (Lipinski definition) is 3. The van der Waals surface area contributed by atoms with E-state index in [2.05, 4.69) is 39.8 Å². The smallest absolute Gasteiger partial charge is 0.255 e. The number of nitrogens with zero attached hydrogens (tertiary/aromatic N) is 1. The van der Waals surface area contributed by atoms with Gasteiger partial charge in [-0.15, -0.1) is 0 Å². The molecule has 146 valence electrons. The van der Waals surface area contributed by atoms with Gasteiger partial charge in [0.25, 0.3) is 5.91 Å². The minimum atomic E-state index is -0.157. The molecule has 0 aliphatic carbocycles. The summed E-state index contributed by atoms with van der Waals surface area (Å²) in [5.41, 5.74) is 5.87. The Morgan fingerprint density at radius 3 is 2.21 bits per heavy atom. The zero-order valence-corrected chi connectivity index (χ0v) is 16.3. The molecule has 0 radical (unpaired) electrons. The van der Waals surface area contributed by atoms with Crippen molar-refractivity contribution in [1.82, 2.24) is 0 Å². The number of amides is 2. The van der Waals surface area contributed by atoms with E-state index in [4.69, 9.17) is 0 Å². The van der Waals surface area contributed by atoms with Crippen LogP contribution < -0.4 is 15.5 Å². The fourth-order valence-corrected chi connectivity index (χ4v) is 3.60. The number of carbonyl (C=O) groups excluding carboxylic acids is 2. The van der Waals surface area contributed by atoms with E-state index in [0.717, 1.165) is 19.5 Å². The van der Waals surface area contributed by atoms with Crippen LogP contribution in [0.2, 0.25) is 0 Å². The summed E-state index contributed by atoms with van der Waals surface area (Å²) in [4.78, 5) is 26.0. The SMILES string of the molecule is CC(=O)Nc1ccc(NC(=O)c2ccc(CN3CCc4ccccc43)cc2)cc1.